The van der Waals surface area contributed by atoms with Crippen molar-refractivity contribution < 1.29 is 23.5 Å². The summed E-state index contributed by atoms with van der Waals surface area (Å²) in [6.07, 6.45) is 7.80. The summed E-state index contributed by atoms with van der Waals surface area (Å²) in [4.78, 5) is 24.5. The molecule has 0 unspecified atom stereocenters. The average molecular weight is 360 g/mol. The van der Waals surface area contributed by atoms with Crippen LogP contribution < -0.4 is 4.74 Å². The molecule has 140 valence electrons. The van der Waals surface area contributed by atoms with Crippen molar-refractivity contribution in [3.8, 4) is 5.75 Å². The zero-order chi connectivity index (χ0) is 18.3. The van der Waals surface area contributed by atoms with Gasteiger partial charge in [0.15, 0.2) is 24.0 Å². The molecule has 5 rings (SSSR count). The molecule has 4 bridgehead atoms. The number of hydrogen-bond acceptors (Lipinski definition) is 4. The Balaban J connectivity index is 1.33. The minimum atomic E-state index is -0.599. The lowest BCUT2D eigenvalue weighted by molar-refractivity contribution is -0.150. The number of ketones is 1. The molecule has 26 heavy (non-hydrogen) atoms. The maximum Gasteiger partial charge on any atom is 0.306 e. The zero-order valence-electron chi connectivity index (χ0n) is 15.1. The molecule has 1 aromatic carbocycles. The number of benzene rings is 1. The van der Waals surface area contributed by atoms with Gasteiger partial charge in [-0.25, -0.2) is 4.39 Å². The molecule has 0 amide bonds. The number of halogens is 1. The third kappa shape index (κ3) is 3.36. The minimum absolute atomic E-state index is 0.0837. The zero-order valence-corrected chi connectivity index (χ0v) is 15.1. The Morgan fingerprint density at radius 2 is 1.73 bits per heavy atom. The van der Waals surface area contributed by atoms with E-state index >= 15 is 0 Å². The van der Waals surface area contributed by atoms with Crippen molar-refractivity contribution in [1.82, 2.24) is 0 Å². The summed E-state index contributed by atoms with van der Waals surface area (Å²) in [7, 11) is 1.37. The van der Waals surface area contributed by atoms with Crippen molar-refractivity contribution in [3.05, 3.63) is 29.6 Å². The number of carbonyl (C=O) groups is 2. The van der Waals surface area contributed by atoms with Crippen molar-refractivity contribution in [2.75, 3.05) is 13.7 Å². The van der Waals surface area contributed by atoms with E-state index in [-0.39, 0.29) is 29.3 Å². The first-order valence-corrected chi connectivity index (χ1v) is 9.49. The fourth-order valence-electron chi connectivity index (χ4n) is 5.93. The summed E-state index contributed by atoms with van der Waals surface area (Å²) in [5.41, 5.74) is 0.284. The van der Waals surface area contributed by atoms with Crippen LogP contribution in [0.2, 0.25) is 0 Å². The first-order valence-electron chi connectivity index (χ1n) is 9.49. The second-order valence-corrected chi connectivity index (χ2v) is 8.53. The molecule has 4 aliphatic rings. The van der Waals surface area contributed by atoms with E-state index in [0.29, 0.717) is 6.42 Å². The van der Waals surface area contributed by atoms with Gasteiger partial charge in [0.25, 0.3) is 0 Å². The molecule has 0 N–H and O–H groups in total. The van der Waals surface area contributed by atoms with Gasteiger partial charge in [-0.3, -0.25) is 9.59 Å². The Labute approximate surface area is 153 Å². The first kappa shape index (κ1) is 17.5. The lowest BCUT2D eigenvalue weighted by Crippen LogP contribution is -2.47. The molecule has 4 aliphatic carbocycles. The molecule has 0 spiro atoms. The highest BCUT2D eigenvalue weighted by Crippen LogP contribution is 2.61. The molecule has 0 heterocycles. The number of hydrogen-bond donors (Lipinski definition) is 0. The van der Waals surface area contributed by atoms with Crippen LogP contribution >= 0.6 is 0 Å². The van der Waals surface area contributed by atoms with E-state index in [2.05, 4.69) is 0 Å². The van der Waals surface area contributed by atoms with Crippen LogP contribution in [0.5, 0.6) is 5.75 Å². The van der Waals surface area contributed by atoms with Gasteiger partial charge in [0, 0.05) is 5.56 Å². The monoisotopic (exact) mass is 360 g/mol. The summed E-state index contributed by atoms with van der Waals surface area (Å²) in [5, 5.41) is 0. The van der Waals surface area contributed by atoms with E-state index in [9.17, 15) is 14.0 Å². The number of carbonyl (C=O) groups excluding carboxylic acids is 2. The Morgan fingerprint density at radius 1 is 1.12 bits per heavy atom. The highest BCUT2D eigenvalue weighted by atomic mass is 19.1. The highest BCUT2D eigenvalue weighted by molar-refractivity contribution is 5.98. The maximum atomic E-state index is 13.7. The number of esters is 1. The lowest BCUT2D eigenvalue weighted by atomic mass is 9.49. The Kier molecular flexibility index (Phi) is 4.49. The largest absolute Gasteiger partial charge is 0.494 e. The van der Waals surface area contributed by atoms with Crippen molar-refractivity contribution in [2.45, 2.75) is 44.9 Å². The highest BCUT2D eigenvalue weighted by Gasteiger charge is 2.51. The van der Waals surface area contributed by atoms with E-state index in [1.807, 2.05) is 0 Å². The third-order valence-electron chi connectivity index (χ3n) is 6.52. The summed E-state index contributed by atoms with van der Waals surface area (Å²) in [6, 6.07) is 4.01. The smallest absolute Gasteiger partial charge is 0.306 e. The fourth-order valence-corrected chi connectivity index (χ4v) is 5.93. The molecule has 0 aromatic heterocycles. The van der Waals surface area contributed by atoms with Gasteiger partial charge < -0.3 is 9.47 Å². The van der Waals surface area contributed by atoms with Crippen LogP contribution in [0.3, 0.4) is 0 Å². The molecule has 4 nitrogen and oxygen atoms in total. The van der Waals surface area contributed by atoms with E-state index < -0.39 is 11.6 Å². The molecule has 0 saturated heterocycles. The SMILES string of the molecule is COc1ccc(C(=O)COC(=O)CC23CC4CC(CC(C4)C2)C3)cc1F. The van der Waals surface area contributed by atoms with Gasteiger partial charge in [-0.05, 0) is 79.9 Å². The number of Topliss-reactive ketones (excluding diaryl/α,β-unsaturated/α-hetero) is 1. The Morgan fingerprint density at radius 3 is 2.27 bits per heavy atom. The van der Waals surface area contributed by atoms with E-state index in [4.69, 9.17) is 9.47 Å². The van der Waals surface area contributed by atoms with Crippen LogP contribution in [-0.2, 0) is 9.53 Å². The van der Waals surface area contributed by atoms with Crippen LogP contribution in [0.1, 0.15) is 55.3 Å². The van der Waals surface area contributed by atoms with Crippen molar-refractivity contribution in [1.29, 1.82) is 0 Å². The quantitative estimate of drug-likeness (QED) is 0.564. The third-order valence-corrected chi connectivity index (χ3v) is 6.52. The van der Waals surface area contributed by atoms with Crippen molar-refractivity contribution in [2.24, 2.45) is 23.2 Å². The minimum Gasteiger partial charge on any atom is -0.494 e. The van der Waals surface area contributed by atoms with Crippen LogP contribution in [-0.4, -0.2) is 25.5 Å². The first-order chi connectivity index (χ1) is 12.5. The van der Waals surface area contributed by atoms with Crippen LogP contribution in [0, 0.1) is 29.0 Å². The summed E-state index contributed by atoms with van der Waals surface area (Å²) in [6.45, 7) is -0.336. The van der Waals surface area contributed by atoms with E-state index in [1.54, 1.807) is 0 Å². The van der Waals surface area contributed by atoms with Gasteiger partial charge in [-0.2, -0.15) is 0 Å². The molecule has 1 aromatic rings. The number of ether oxygens (including phenoxy) is 2. The van der Waals surface area contributed by atoms with Gasteiger partial charge in [-0.15, -0.1) is 0 Å². The molecular formula is C21H25FO4. The standard InChI is InChI=1S/C21H25FO4/c1-25-19-3-2-16(7-17(19)22)18(23)12-26-20(24)11-21-8-13-4-14(9-21)6-15(5-13)10-21/h2-3,7,13-15H,4-6,8-12H2,1H3. The average Bonchev–Trinajstić information content (AvgIpc) is 2.58. The summed E-state index contributed by atoms with van der Waals surface area (Å²) >= 11 is 0. The number of rotatable bonds is 6. The second kappa shape index (κ2) is 6.67. The Hall–Kier alpha value is -1.91. The Bertz CT molecular complexity index is 691. The van der Waals surface area contributed by atoms with Gasteiger partial charge in [0.05, 0.1) is 13.5 Å². The van der Waals surface area contributed by atoms with Gasteiger partial charge in [0.1, 0.15) is 0 Å². The predicted molar refractivity (Wildman–Crippen MR) is 93.5 cm³/mol. The molecule has 5 heteroatoms. The topological polar surface area (TPSA) is 52.6 Å². The van der Waals surface area contributed by atoms with Crippen LogP contribution in [0.15, 0.2) is 18.2 Å². The predicted octanol–water partition coefficient (Wildman–Crippen LogP) is 4.17. The maximum absolute atomic E-state index is 13.7. The van der Waals surface area contributed by atoms with Crippen LogP contribution in [0.4, 0.5) is 4.39 Å². The molecule has 4 saturated carbocycles. The van der Waals surface area contributed by atoms with Crippen molar-refractivity contribution >= 4 is 11.8 Å². The summed E-state index contributed by atoms with van der Waals surface area (Å²) in [5.74, 6) is 1.12. The number of methoxy groups -OCH3 is 1. The molecule has 4 fully saturated rings. The van der Waals surface area contributed by atoms with Gasteiger partial charge in [-0.1, -0.05) is 0 Å². The van der Waals surface area contributed by atoms with Crippen LogP contribution in [0.25, 0.3) is 0 Å². The molecule has 0 radical (unpaired) electrons. The van der Waals surface area contributed by atoms with E-state index in [1.165, 1.54) is 38.5 Å². The summed E-state index contributed by atoms with van der Waals surface area (Å²) < 4.78 is 23.8. The lowest BCUT2D eigenvalue weighted by Gasteiger charge is -2.56. The van der Waals surface area contributed by atoms with Gasteiger partial charge >= 0.3 is 5.97 Å². The normalized spacial score (nSPS) is 31.7. The fraction of sp³-hybridized carbons (Fsp3) is 0.619. The van der Waals surface area contributed by atoms with Crippen molar-refractivity contribution in [3.63, 3.8) is 0 Å². The van der Waals surface area contributed by atoms with E-state index in [0.717, 1.165) is 43.1 Å². The molecule has 0 atom stereocenters. The van der Waals surface area contributed by atoms with Gasteiger partial charge in [0.2, 0.25) is 0 Å². The molecule has 0 aliphatic heterocycles. The molecular weight excluding hydrogens is 335 g/mol. The second-order valence-electron chi connectivity index (χ2n) is 8.53.